The molecule has 0 aliphatic rings. The second kappa shape index (κ2) is 12.2. The van der Waals surface area contributed by atoms with Crippen LogP contribution >= 0.6 is 0 Å². The minimum Gasteiger partial charge on any atom is -0.494 e. The lowest BCUT2D eigenvalue weighted by Crippen LogP contribution is -2.42. The molecule has 1 unspecified atom stereocenters. The van der Waals surface area contributed by atoms with Crippen LogP contribution in [0.5, 0.6) is 5.75 Å². The van der Waals surface area contributed by atoms with Crippen LogP contribution in [0.3, 0.4) is 0 Å². The molecular weight excluding hydrogens is 504 g/mol. The summed E-state index contributed by atoms with van der Waals surface area (Å²) in [4.78, 5) is 15.9. The van der Waals surface area contributed by atoms with Crippen LogP contribution in [0.2, 0.25) is 18.1 Å². The zero-order chi connectivity index (χ0) is 28.0. The maximum absolute atomic E-state index is 11.7. The standard InChI is InChI=1S/C31H42N4O3Si/c1-31(2,3)39(4,5)38-22-26(35-21-28(30(32)36)33-23-35)16-18-34-17-15-25-20-27(13-14-29(25)34)37-19-9-12-24-10-7-6-8-11-24/h6-8,10-11,13-15,17,20-21,23,26H,9,12,16,18-19,22H2,1-5H3,(H2,32,36). The van der Waals surface area contributed by atoms with Gasteiger partial charge in [0.1, 0.15) is 11.4 Å². The van der Waals surface area contributed by atoms with E-state index >= 15 is 0 Å². The van der Waals surface area contributed by atoms with E-state index in [1.807, 2.05) is 16.7 Å². The molecule has 2 heterocycles. The summed E-state index contributed by atoms with van der Waals surface area (Å²) >= 11 is 0. The molecule has 39 heavy (non-hydrogen) atoms. The van der Waals surface area contributed by atoms with Crippen molar-refractivity contribution in [2.75, 3.05) is 13.2 Å². The molecule has 2 aromatic heterocycles. The number of nitrogens with zero attached hydrogens (tertiary/aromatic N) is 3. The highest BCUT2D eigenvalue weighted by molar-refractivity contribution is 6.74. The number of carbonyl (C=O) groups excluding carboxylic acids is 1. The molecule has 1 amide bonds. The molecule has 0 saturated carbocycles. The number of primary amides is 1. The Kier molecular flexibility index (Phi) is 8.97. The third kappa shape index (κ3) is 7.39. The molecule has 0 fully saturated rings. The van der Waals surface area contributed by atoms with Crippen LogP contribution in [0.15, 0.2) is 73.3 Å². The van der Waals surface area contributed by atoms with Crippen LogP contribution < -0.4 is 10.5 Å². The van der Waals surface area contributed by atoms with Crippen molar-refractivity contribution in [3.63, 3.8) is 0 Å². The highest BCUT2D eigenvalue weighted by Gasteiger charge is 2.37. The fourth-order valence-electron chi connectivity index (χ4n) is 4.37. The molecule has 0 radical (unpaired) electrons. The summed E-state index contributed by atoms with van der Waals surface area (Å²) < 4.78 is 16.9. The summed E-state index contributed by atoms with van der Waals surface area (Å²) in [7, 11) is -1.94. The number of ether oxygens (including phenoxy) is 1. The lowest BCUT2D eigenvalue weighted by molar-refractivity contribution is 0.0995. The average Bonchev–Trinajstić information content (AvgIpc) is 3.54. The molecule has 0 bridgehead atoms. The number of fused-ring (bicyclic) bond motifs is 1. The van der Waals surface area contributed by atoms with Gasteiger partial charge in [-0.1, -0.05) is 51.1 Å². The third-order valence-electron chi connectivity index (χ3n) is 7.89. The molecule has 8 heteroatoms. The first-order valence-electron chi connectivity index (χ1n) is 13.8. The zero-order valence-electron chi connectivity index (χ0n) is 23.9. The van der Waals surface area contributed by atoms with Crippen LogP contribution in [-0.2, 0) is 17.4 Å². The maximum atomic E-state index is 11.7. The van der Waals surface area contributed by atoms with Gasteiger partial charge in [0.15, 0.2) is 8.32 Å². The van der Waals surface area contributed by atoms with Crippen molar-refractivity contribution in [3.05, 3.63) is 84.6 Å². The van der Waals surface area contributed by atoms with Crippen LogP contribution in [-0.4, -0.2) is 41.6 Å². The molecule has 0 aliphatic heterocycles. The van der Waals surface area contributed by atoms with Gasteiger partial charge in [-0.15, -0.1) is 0 Å². The van der Waals surface area contributed by atoms with Crippen molar-refractivity contribution in [2.24, 2.45) is 5.73 Å². The maximum Gasteiger partial charge on any atom is 0.268 e. The Bertz CT molecular complexity index is 1370. The number of amides is 1. The Balaban J connectivity index is 1.40. The number of rotatable bonds is 13. The first kappa shape index (κ1) is 28.6. The van der Waals surface area contributed by atoms with Gasteiger partial charge in [0.05, 0.1) is 25.6 Å². The van der Waals surface area contributed by atoms with Crippen molar-refractivity contribution in [1.82, 2.24) is 14.1 Å². The number of aryl methyl sites for hydroxylation is 2. The molecule has 4 aromatic rings. The minimum atomic E-state index is -1.94. The normalized spacial score (nSPS) is 13.1. The lowest BCUT2D eigenvalue weighted by atomic mass is 10.1. The summed E-state index contributed by atoms with van der Waals surface area (Å²) in [6, 6.07) is 19.0. The van der Waals surface area contributed by atoms with Crippen molar-refractivity contribution in [2.45, 2.75) is 70.8 Å². The highest BCUT2D eigenvalue weighted by atomic mass is 28.4. The van der Waals surface area contributed by atoms with E-state index in [-0.39, 0.29) is 16.8 Å². The Morgan fingerprint density at radius 3 is 2.56 bits per heavy atom. The zero-order valence-corrected chi connectivity index (χ0v) is 24.9. The van der Waals surface area contributed by atoms with Gasteiger partial charge in [-0.05, 0) is 67.2 Å². The van der Waals surface area contributed by atoms with Gasteiger partial charge in [0.25, 0.3) is 5.91 Å². The minimum absolute atomic E-state index is 0.0318. The molecule has 208 valence electrons. The smallest absolute Gasteiger partial charge is 0.268 e. The van der Waals surface area contributed by atoms with E-state index in [0.717, 1.165) is 36.9 Å². The van der Waals surface area contributed by atoms with E-state index in [1.165, 1.54) is 11.1 Å². The molecule has 7 nitrogen and oxygen atoms in total. The predicted octanol–water partition coefficient (Wildman–Crippen LogP) is 6.60. The van der Waals surface area contributed by atoms with E-state index in [1.54, 1.807) is 12.5 Å². The van der Waals surface area contributed by atoms with Crippen LogP contribution in [0, 0.1) is 0 Å². The van der Waals surface area contributed by atoms with Crippen molar-refractivity contribution >= 4 is 25.1 Å². The van der Waals surface area contributed by atoms with E-state index < -0.39 is 14.2 Å². The van der Waals surface area contributed by atoms with E-state index in [4.69, 9.17) is 14.9 Å². The number of benzene rings is 2. The Labute approximate surface area is 233 Å². The fourth-order valence-corrected chi connectivity index (χ4v) is 5.41. The summed E-state index contributed by atoms with van der Waals surface area (Å²) in [5.41, 5.74) is 8.24. The van der Waals surface area contributed by atoms with E-state index in [9.17, 15) is 4.79 Å². The van der Waals surface area contributed by atoms with E-state index in [0.29, 0.717) is 13.2 Å². The van der Waals surface area contributed by atoms with Crippen molar-refractivity contribution in [1.29, 1.82) is 0 Å². The molecule has 4 rings (SSSR count). The van der Waals surface area contributed by atoms with Crippen LogP contribution in [0.4, 0.5) is 0 Å². The number of aromatic nitrogens is 3. The van der Waals surface area contributed by atoms with Crippen molar-refractivity contribution in [3.8, 4) is 5.75 Å². The second-order valence-corrected chi connectivity index (χ2v) is 16.6. The molecule has 2 aromatic carbocycles. The summed E-state index contributed by atoms with van der Waals surface area (Å²) in [5, 5.41) is 1.27. The number of hydrogen-bond acceptors (Lipinski definition) is 4. The second-order valence-electron chi connectivity index (χ2n) is 11.8. The Hall–Kier alpha value is -3.36. The number of hydrogen-bond donors (Lipinski definition) is 1. The highest BCUT2D eigenvalue weighted by Crippen LogP contribution is 2.37. The van der Waals surface area contributed by atoms with Crippen LogP contribution in [0.25, 0.3) is 10.9 Å². The Morgan fingerprint density at radius 2 is 1.87 bits per heavy atom. The molecule has 0 aliphatic carbocycles. The van der Waals surface area contributed by atoms with Gasteiger partial charge in [-0.3, -0.25) is 4.79 Å². The molecule has 0 spiro atoms. The largest absolute Gasteiger partial charge is 0.494 e. The first-order chi connectivity index (χ1) is 18.5. The van der Waals surface area contributed by atoms with E-state index in [2.05, 4.69) is 92.1 Å². The number of imidazole rings is 1. The molecule has 0 saturated heterocycles. The van der Waals surface area contributed by atoms with Crippen molar-refractivity contribution < 1.29 is 14.0 Å². The average molecular weight is 547 g/mol. The number of carbonyl (C=O) groups is 1. The first-order valence-corrected chi connectivity index (χ1v) is 16.7. The molecule has 2 N–H and O–H groups in total. The number of nitrogens with two attached hydrogens (primary N) is 1. The fraction of sp³-hybridized carbons (Fsp3) is 0.419. The van der Waals surface area contributed by atoms with Gasteiger partial charge in [-0.25, -0.2) is 4.98 Å². The summed E-state index contributed by atoms with van der Waals surface area (Å²) in [6.45, 7) is 13.3. The molecule has 1 atom stereocenters. The Morgan fingerprint density at radius 1 is 1.10 bits per heavy atom. The third-order valence-corrected chi connectivity index (χ3v) is 12.4. The lowest BCUT2D eigenvalue weighted by Gasteiger charge is -2.37. The van der Waals surface area contributed by atoms with Gasteiger partial charge in [-0.2, -0.15) is 0 Å². The molecular formula is C31H42N4O3Si. The topological polar surface area (TPSA) is 84.3 Å². The monoisotopic (exact) mass is 546 g/mol. The quantitative estimate of drug-likeness (QED) is 0.151. The van der Waals surface area contributed by atoms with Gasteiger partial charge in [0.2, 0.25) is 0 Å². The van der Waals surface area contributed by atoms with Crippen LogP contribution in [0.1, 0.15) is 55.7 Å². The SMILES string of the molecule is CC(C)(C)[Si](C)(C)OCC(CCn1ccc2cc(OCCCc3ccccc3)ccc21)n1cnc(C(N)=O)c1. The summed E-state index contributed by atoms with van der Waals surface area (Å²) in [5.74, 6) is 0.374. The summed E-state index contributed by atoms with van der Waals surface area (Å²) in [6.07, 6.45) is 8.36. The van der Waals surface area contributed by atoms with Gasteiger partial charge < -0.3 is 24.0 Å². The predicted molar refractivity (Wildman–Crippen MR) is 160 cm³/mol. The van der Waals surface area contributed by atoms with Gasteiger partial charge >= 0.3 is 0 Å². The van der Waals surface area contributed by atoms with Gasteiger partial charge in [0, 0.05) is 29.8 Å².